The highest BCUT2D eigenvalue weighted by Gasteiger charge is 2.30. The van der Waals surface area contributed by atoms with Crippen molar-refractivity contribution in [3.63, 3.8) is 0 Å². The molecule has 25 heavy (non-hydrogen) atoms. The van der Waals surface area contributed by atoms with Crippen LogP contribution in [-0.2, 0) is 22.4 Å². The normalized spacial score (nSPS) is 16.2. The summed E-state index contributed by atoms with van der Waals surface area (Å²) in [5.41, 5.74) is 3.73. The van der Waals surface area contributed by atoms with Gasteiger partial charge < -0.3 is 10.2 Å². The smallest absolute Gasteiger partial charge is 0.242 e. The number of nitrogens with one attached hydrogen (secondary N) is 1. The fourth-order valence-electron chi connectivity index (χ4n) is 3.41. The van der Waals surface area contributed by atoms with E-state index in [-0.39, 0.29) is 24.4 Å². The lowest BCUT2D eigenvalue weighted by molar-refractivity contribution is -0.135. The van der Waals surface area contributed by atoms with Crippen molar-refractivity contribution in [1.29, 1.82) is 0 Å². The Morgan fingerprint density at radius 3 is 2.56 bits per heavy atom. The maximum absolute atomic E-state index is 12.7. The van der Waals surface area contributed by atoms with Gasteiger partial charge in [0.05, 0.1) is 12.6 Å². The molecule has 4 heteroatoms. The van der Waals surface area contributed by atoms with Gasteiger partial charge in [0.15, 0.2) is 0 Å². The Balaban J connectivity index is 1.83. The number of rotatable bonds is 5. The number of amides is 2. The summed E-state index contributed by atoms with van der Waals surface area (Å²) in [5, 5.41) is 2.71. The van der Waals surface area contributed by atoms with Gasteiger partial charge in [0, 0.05) is 13.0 Å². The zero-order chi connectivity index (χ0) is 17.6. The molecule has 1 N–H and O–H groups in total. The lowest BCUT2D eigenvalue weighted by atomic mass is 9.88. The molecule has 1 aliphatic heterocycles. The van der Waals surface area contributed by atoms with Crippen molar-refractivity contribution >= 4 is 11.8 Å². The molecule has 2 aromatic carbocycles. The van der Waals surface area contributed by atoms with Gasteiger partial charge in [0.25, 0.3) is 0 Å². The van der Waals surface area contributed by atoms with E-state index in [9.17, 15) is 9.59 Å². The summed E-state index contributed by atoms with van der Waals surface area (Å²) in [7, 11) is 0. The van der Waals surface area contributed by atoms with Gasteiger partial charge in [0.2, 0.25) is 11.8 Å². The maximum atomic E-state index is 12.7. The third kappa shape index (κ3) is 4.08. The van der Waals surface area contributed by atoms with Crippen LogP contribution in [0.15, 0.2) is 54.6 Å². The molecule has 0 radical (unpaired) electrons. The number of hydrogen-bond acceptors (Lipinski definition) is 2. The summed E-state index contributed by atoms with van der Waals surface area (Å²) >= 11 is 0. The molecule has 0 fully saturated rings. The summed E-state index contributed by atoms with van der Waals surface area (Å²) in [6, 6.07) is 18.6. The van der Waals surface area contributed by atoms with E-state index in [1.54, 1.807) is 6.92 Å². The van der Waals surface area contributed by atoms with Crippen LogP contribution in [0.4, 0.5) is 0 Å². The van der Waals surface area contributed by atoms with E-state index in [2.05, 4.69) is 35.6 Å². The lowest BCUT2D eigenvalue weighted by Gasteiger charge is -2.37. The average molecular weight is 336 g/mol. The van der Waals surface area contributed by atoms with Crippen LogP contribution in [0.1, 0.15) is 36.1 Å². The van der Waals surface area contributed by atoms with Gasteiger partial charge in [-0.1, -0.05) is 61.5 Å². The van der Waals surface area contributed by atoms with Crippen molar-refractivity contribution in [2.75, 3.05) is 13.1 Å². The molecule has 1 heterocycles. The molecular formula is C21H24N2O2. The largest absolute Gasteiger partial charge is 0.347 e. The quantitative estimate of drug-likeness (QED) is 0.913. The standard InChI is InChI=1S/C21H24N2O2/c1-2-20(24)22-15-21(25)23-13-12-17-10-6-7-11-18(17)19(23)14-16-8-4-3-5-9-16/h3-11,19H,2,12-15H2,1H3,(H,22,24)/t19-/m1/s1. The highest BCUT2D eigenvalue weighted by molar-refractivity contribution is 5.85. The molecule has 3 rings (SSSR count). The number of nitrogens with zero attached hydrogens (tertiary/aromatic N) is 1. The van der Waals surface area contributed by atoms with Crippen LogP contribution in [0.2, 0.25) is 0 Å². The first-order chi connectivity index (χ1) is 12.2. The molecule has 0 aliphatic carbocycles. The van der Waals surface area contributed by atoms with Gasteiger partial charge in [-0.25, -0.2) is 0 Å². The van der Waals surface area contributed by atoms with E-state index >= 15 is 0 Å². The molecule has 0 spiro atoms. The molecule has 0 saturated carbocycles. The van der Waals surface area contributed by atoms with Crippen molar-refractivity contribution in [1.82, 2.24) is 10.2 Å². The Morgan fingerprint density at radius 2 is 1.80 bits per heavy atom. The third-order valence-corrected chi connectivity index (χ3v) is 4.76. The van der Waals surface area contributed by atoms with E-state index in [4.69, 9.17) is 0 Å². The van der Waals surface area contributed by atoms with E-state index in [1.807, 2.05) is 29.2 Å². The van der Waals surface area contributed by atoms with Crippen LogP contribution in [0.25, 0.3) is 0 Å². The van der Waals surface area contributed by atoms with Gasteiger partial charge in [0.1, 0.15) is 0 Å². The van der Waals surface area contributed by atoms with Crippen molar-refractivity contribution in [2.24, 2.45) is 0 Å². The highest BCUT2D eigenvalue weighted by Crippen LogP contribution is 2.32. The number of fused-ring (bicyclic) bond motifs is 1. The minimum Gasteiger partial charge on any atom is -0.347 e. The SMILES string of the molecule is CCC(=O)NCC(=O)N1CCc2ccccc2[C@H]1Cc1ccccc1. The molecule has 1 aliphatic rings. The summed E-state index contributed by atoms with van der Waals surface area (Å²) in [4.78, 5) is 26.2. The highest BCUT2D eigenvalue weighted by atomic mass is 16.2. The Morgan fingerprint density at radius 1 is 1.08 bits per heavy atom. The molecule has 0 saturated heterocycles. The average Bonchev–Trinajstić information content (AvgIpc) is 2.67. The molecule has 0 bridgehead atoms. The first kappa shape index (κ1) is 17.2. The third-order valence-electron chi connectivity index (χ3n) is 4.76. The minimum absolute atomic E-state index is 0.0124. The lowest BCUT2D eigenvalue weighted by Crippen LogP contribution is -2.45. The van der Waals surface area contributed by atoms with Crippen molar-refractivity contribution in [3.05, 3.63) is 71.3 Å². The van der Waals surface area contributed by atoms with Crippen LogP contribution in [0, 0.1) is 0 Å². The van der Waals surface area contributed by atoms with Gasteiger partial charge in [-0.05, 0) is 29.5 Å². The summed E-state index contributed by atoms with van der Waals surface area (Å²) in [5.74, 6) is -0.109. The van der Waals surface area contributed by atoms with Gasteiger partial charge in [-0.2, -0.15) is 0 Å². The topological polar surface area (TPSA) is 49.4 Å². The molecule has 0 aromatic heterocycles. The number of carbonyl (C=O) groups excluding carboxylic acids is 2. The molecule has 2 amide bonds. The Kier molecular flexibility index (Phi) is 5.49. The number of carbonyl (C=O) groups is 2. The predicted molar refractivity (Wildman–Crippen MR) is 98.0 cm³/mol. The Bertz CT molecular complexity index is 743. The van der Waals surface area contributed by atoms with Crippen LogP contribution >= 0.6 is 0 Å². The second kappa shape index (κ2) is 7.97. The van der Waals surface area contributed by atoms with E-state index < -0.39 is 0 Å². The zero-order valence-corrected chi connectivity index (χ0v) is 14.6. The zero-order valence-electron chi connectivity index (χ0n) is 14.6. The molecule has 0 unspecified atom stereocenters. The Labute approximate surface area is 148 Å². The Hall–Kier alpha value is -2.62. The maximum Gasteiger partial charge on any atom is 0.242 e. The van der Waals surface area contributed by atoms with Crippen LogP contribution in [0.3, 0.4) is 0 Å². The van der Waals surface area contributed by atoms with Crippen LogP contribution < -0.4 is 5.32 Å². The minimum atomic E-state index is -0.0923. The summed E-state index contributed by atoms with van der Waals surface area (Å²) < 4.78 is 0. The number of benzene rings is 2. The molecule has 4 nitrogen and oxygen atoms in total. The molecule has 2 aromatic rings. The van der Waals surface area contributed by atoms with Crippen LogP contribution in [0.5, 0.6) is 0 Å². The van der Waals surface area contributed by atoms with Gasteiger partial charge in [-0.3, -0.25) is 9.59 Å². The number of hydrogen-bond donors (Lipinski definition) is 1. The van der Waals surface area contributed by atoms with E-state index in [0.717, 1.165) is 12.8 Å². The summed E-state index contributed by atoms with van der Waals surface area (Å²) in [6.45, 7) is 2.55. The van der Waals surface area contributed by atoms with Crippen LogP contribution in [-0.4, -0.2) is 29.8 Å². The first-order valence-corrected chi connectivity index (χ1v) is 8.87. The summed E-state index contributed by atoms with van der Waals surface area (Å²) in [6.07, 6.45) is 2.03. The second-order valence-corrected chi connectivity index (χ2v) is 6.37. The monoisotopic (exact) mass is 336 g/mol. The predicted octanol–water partition coefficient (Wildman–Crippen LogP) is 2.88. The molecular weight excluding hydrogens is 312 g/mol. The fraction of sp³-hybridized carbons (Fsp3) is 0.333. The fourth-order valence-corrected chi connectivity index (χ4v) is 3.41. The van der Waals surface area contributed by atoms with Crippen molar-refractivity contribution in [3.8, 4) is 0 Å². The van der Waals surface area contributed by atoms with Crippen molar-refractivity contribution in [2.45, 2.75) is 32.2 Å². The molecule has 1 atom stereocenters. The van der Waals surface area contributed by atoms with Gasteiger partial charge >= 0.3 is 0 Å². The molecule has 130 valence electrons. The van der Waals surface area contributed by atoms with Gasteiger partial charge in [-0.15, -0.1) is 0 Å². The first-order valence-electron chi connectivity index (χ1n) is 8.87. The van der Waals surface area contributed by atoms with Crippen molar-refractivity contribution < 1.29 is 9.59 Å². The van der Waals surface area contributed by atoms with E-state index in [0.29, 0.717) is 13.0 Å². The second-order valence-electron chi connectivity index (χ2n) is 6.37. The van der Waals surface area contributed by atoms with E-state index in [1.165, 1.54) is 16.7 Å².